The Bertz CT molecular complexity index is 1360. The Morgan fingerprint density at radius 2 is 1.69 bits per heavy atom. The molecule has 0 aliphatic carbocycles. The maximum absolute atomic E-state index is 13.7. The van der Waals surface area contributed by atoms with Gasteiger partial charge in [0.25, 0.3) is 5.91 Å². The Labute approximate surface area is 230 Å². The van der Waals surface area contributed by atoms with Crippen LogP contribution in [0.4, 0.5) is 15.9 Å². The molecular weight excluding hydrogens is 491 g/mol. The lowest BCUT2D eigenvalue weighted by Crippen LogP contribution is -2.46. The van der Waals surface area contributed by atoms with Crippen LogP contribution in [0.2, 0.25) is 0 Å². The lowest BCUT2D eigenvalue weighted by atomic mass is 9.98. The fraction of sp³-hybridized carbons (Fsp3) is 0.387. The van der Waals surface area contributed by atoms with E-state index in [2.05, 4.69) is 44.8 Å². The van der Waals surface area contributed by atoms with Gasteiger partial charge in [0.1, 0.15) is 17.7 Å². The van der Waals surface area contributed by atoms with Crippen LogP contribution in [0.5, 0.6) is 0 Å². The number of aromatic nitrogens is 1. The maximum atomic E-state index is 13.7. The molecule has 0 saturated carbocycles. The van der Waals surface area contributed by atoms with E-state index in [1.165, 1.54) is 23.4 Å². The number of para-hydroxylation sites is 1. The molecule has 2 saturated heterocycles. The third kappa shape index (κ3) is 6.04. The lowest BCUT2D eigenvalue weighted by molar-refractivity contribution is 0.0766. The van der Waals surface area contributed by atoms with E-state index in [1.54, 1.807) is 6.07 Å². The van der Waals surface area contributed by atoms with Gasteiger partial charge in [0.2, 0.25) is 0 Å². The molecule has 0 radical (unpaired) electrons. The van der Waals surface area contributed by atoms with Gasteiger partial charge in [-0.1, -0.05) is 18.2 Å². The van der Waals surface area contributed by atoms with E-state index in [1.807, 2.05) is 36.1 Å². The number of aryl methyl sites for hydroxylation is 2. The molecule has 2 aromatic carbocycles. The van der Waals surface area contributed by atoms with E-state index in [-0.39, 0.29) is 11.7 Å². The van der Waals surface area contributed by atoms with Crippen molar-refractivity contribution in [3.05, 3.63) is 88.4 Å². The number of carbonyl (C=O) groups is 1. The number of hydrogen-bond acceptors (Lipinski definition) is 6. The molecule has 2 aliphatic heterocycles. The van der Waals surface area contributed by atoms with Gasteiger partial charge in [-0.2, -0.15) is 5.26 Å². The molecule has 1 aromatic heterocycles. The first-order valence-electron chi connectivity index (χ1n) is 13.7. The smallest absolute Gasteiger partial charge is 0.254 e. The molecule has 202 valence electrons. The van der Waals surface area contributed by atoms with E-state index in [0.717, 1.165) is 68.3 Å². The van der Waals surface area contributed by atoms with Crippen molar-refractivity contribution >= 4 is 17.4 Å². The number of pyridine rings is 1. The molecule has 0 bridgehead atoms. The molecule has 5 rings (SSSR count). The van der Waals surface area contributed by atoms with E-state index in [4.69, 9.17) is 0 Å². The Morgan fingerprint density at radius 3 is 2.44 bits per heavy atom. The van der Waals surface area contributed by atoms with Crippen molar-refractivity contribution < 1.29 is 9.18 Å². The van der Waals surface area contributed by atoms with Crippen LogP contribution < -0.4 is 9.80 Å². The molecule has 2 fully saturated rings. The number of piperazine rings is 1. The minimum atomic E-state index is -0.345. The molecule has 3 aromatic rings. The summed E-state index contributed by atoms with van der Waals surface area (Å²) >= 11 is 0. The number of anilines is 2. The fourth-order valence-electron chi connectivity index (χ4n) is 5.60. The van der Waals surface area contributed by atoms with Crippen molar-refractivity contribution in [2.75, 3.05) is 62.2 Å². The number of nitriles is 1. The normalized spacial score (nSPS) is 16.6. The number of halogens is 1. The maximum Gasteiger partial charge on any atom is 0.254 e. The third-order valence-electron chi connectivity index (χ3n) is 7.86. The van der Waals surface area contributed by atoms with Crippen LogP contribution >= 0.6 is 0 Å². The molecule has 0 atom stereocenters. The highest BCUT2D eigenvalue weighted by Gasteiger charge is 2.24. The van der Waals surface area contributed by atoms with Gasteiger partial charge in [0.15, 0.2) is 0 Å². The van der Waals surface area contributed by atoms with Crippen LogP contribution in [-0.2, 0) is 6.54 Å². The van der Waals surface area contributed by atoms with Crippen molar-refractivity contribution in [1.82, 2.24) is 14.8 Å². The largest absolute Gasteiger partial charge is 0.368 e. The Kier molecular flexibility index (Phi) is 8.08. The predicted molar refractivity (Wildman–Crippen MR) is 151 cm³/mol. The zero-order valence-corrected chi connectivity index (χ0v) is 22.7. The standard InChI is InChI=1S/C31H35FN6O/c1-23-18-24(2)28(31(39)38-11-5-10-37(16-17-38)30-9-8-27(32)21-34-30)19-26(23)22-35-12-14-36(15-13-35)29-7-4-3-6-25(29)20-33/h3-4,6-9,18-19,21H,5,10-17,22H2,1-2H3. The molecule has 0 unspecified atom stereocenters. The molecule has 2 aliphatic rings. The van der Waals surface area contributed by atoms with Crippen LogP contribution in [0.1, 0.15) is 39.0 Å². The summed E-state index contributed by atoms with van der Waals surface area (Å²) in [5.74, 6) is 0.471. The molecule has 39 heavy (non-hydrogen) atoms. The van der Waals surface area contributed by atoms with Gasteiger partial charge in [-0.15, -0.1) is 0 Å². The highest BCUT2D eigenvalue weighted by Crippen LogP contribution is 2.24. The minimum absolute atomic E-state index is 0.0700. The fourth-order valence-corrected chi connectivity index (χ4v) is 5.60. The summed E-state index contributed by atoms with van der Waals surface area (Å²) in [6.45, 7) is 11.2. The summed E-state index contributed by atoms with van der Waals surface area (Å²) in [5, 5.41) is 9.47. The van der Waals surface area contributed by atoms with Gasteiger partial charge in [-0.3, -0.25) is 9.69 Å². The minimum Gasteiger partial charge on any atom is -0.368 e. The van der Waals surface area contributed by atoms with E-state index in [9.17, 15) is 14.4 Å². The molecule has 3 heterocycles. The van der Waals surface area contributed by atoms with Crippen LogP contribution in [0.3, 0.4) is 0 Å². The van der Waals surface area contributed by atoms with Gasteiger partial charge in [-0.05, 0) is 67.3 Å². The summed E-state index contributed by atoms with van der Waals surface area (Å²) in [6.07, 6.45) is 2.08. The second-order valence-corrected chi connectivity index (χ2v) is 10.5. The van der Waals surface area contributed by atoms with Gasteiger partial charge >= 0.3 is 0 Å². The summed E-state index contributed by atoms with van der Waals surface area (Å²) in [7, 11) is 0. The van der Waals surface area contributed by atoms with Gasteiger partial charge in [0.05, 0.1) is 17.4 Å². The molecule has 0 spiro atoms. The highest BCUT2D eigenvalue weighted by molar-refractivity contribution is 5.96. The van der Waals surface area contributed by atoms with Crippen LogP contribution in [0, 0.1) is 31.0 Å². The Balaban J connectivity index is 1.24. The van der Waals surface area contributed by atoms with E-state index in [0.29, 0.717) is 25.2 Å². The van der Waals surface area contributed by atoms with E-state index >= 15 is 0 Å². The van der Waals surface area contributed by atoms with Crippen molar-refractivity contribution in [3.63, 3.8) is 0 Å². The lowest BCUT2D eigenvalue weighted by Gasteiger charge is -2.36. The zero-order valence-electron chi connectivity index (χ0n) is 22.7. The van der Waals surface area contributed by atoms with Gasteiger partial charge in [-0.25, -0.2) is 9.37 Å². The number of carbonyl (C=O) groups excluding carboxylic acids is 1. The number of rotatable bonds is 5. The van der Waals surface area contributed by atoms with Crippen LogP contribution in [-0.4, -0.2) is 73.0 Å². The van der Waals surface area contributed by atoms with Gasteiger partial charge < -0.3 is 14.7 Å². The summed E-state index contributed by atoms with van der Waals surface area (Å²) in [5.41, 5.74) is 5.87. The average Bonchev–Trinajstić information content (AvgIpc) is 3.21. The summed E-state index contributed by atoms with van der Waals surface area (Å²) in [6, 6.07) is 17.4. The third-order valence-corrected chi connectivity index (χ3v) is 7.86. The quantitative estimate of drug-likeness (QED) is 0.492. The van der Waals surface area contributed by atoms with Crippen molar-refractivity contribution in [3.8, 4) is 6.07 Å². The number of amides is 1. The van der Waals surface area contributed by atoms with Crippen LogP contribution in [0.15, 0.2) is 54.7 Å². The molecule has 1 amide bonds. The first-order chi connectivity index (χ1) is 18.9. The van der Waals surface area contributed by atoms with Crippen molar-refractivity contribution in [2.24, 2.45) is 0 Å². The SMILES string of the molecule is Cc1cc(C)c(C(=O)N2CCCN(c3ccc(F)cn3)CC2)cc1CN1CCN(c2ccccc2C#N)CC1. The topological polar surface area (TPSA) is 66.7 Å². The number of nitrogens with zero attached hydrogens (tertiary/aromatic N) is 6. The zero-order chi connectivity index (χ0) is 27.4. The molecule has 0 N–H and O–H groups in total. The summed E-state index contributed by atoms with van der Waals surface area (Å²) in [4.78, 5) is 26.7. The van der Waals surface area contributed by atoms with Crippen molar-refractivity contribution in [2.45, 2.75) is 26.8 Å². The summed E-state index contributed by atoms with van der Waals surface area (Å²) < 4.78 is 13.3. The Hall–Kier alpha value is -3.96. The first-order valence-corrected chi connectivity index (χ1v) is 13.7. The Morgan fingerprint density at radius 1 is 0.923 bits per heavy atom. The molecule has 7 nitrogen and oxygen atoms in total. The number of hydrogen-bond donors (Lipinski definition) is 0. The number of benzene rings is 2. The molecule has 8 heteroatoms. The van der Waals surface area contributed by atoms with Crippen LogP contribution in [0.25, 0.3) is 0 Å². The van der Waals surface area contributed by atoms with E-state index < -0.39 is 0 Å². The average molecular weight is 527 g/mol. The molecular formula is C31H35FN6O. The monoisotopic (exact) mass is 526 g/mol. The van der Waals surface area contributed by atoms with Crippen molar-refractivity contribution in [1.29, 1.82) is 5.26 Å². The predicted octanol–water partition coefficient (Wildman–Crippen LogP) is 4.38. The second kappa shape index (κ2) is 11.8. The second-order valence-electron chi connectivity index (χ2n) is 10.5. The van der Waals surface area contributed by atoms with Gasteiger partial charge in [0, 0.05) is 64.5 Å². The first kappa shape index (κ1) is 26.6. The highest BCUT2D eigenvalue weighted by atomic mass is 19.1.